The Labute approximate surface area is 152 Å². The Morgan fingerprint density at radius 2 is 1.69 bits per heavy atom. The molecule has 8 heteroatoms. The fourth-order valence-corrected chi connectivity index (χ4v) is 3.02. The monoisotopic (exact) mass is 378 g/mol. The molecule has 134 valence electrons. The smallest absolute Gasteiger partial charge is 0.236 e. The highest BCUT2D eigenvalue weighted by Gasteiger charge is 2.25. The highest BCUT2D eigenvalue weighted by atomic mass is 35.5. The average molecular weight is 379 g/mol. The zero-order chi connectivity index (χ0) is 18.8. The summed E-state index contributed by atoms with van der Waals surface area (Å²) in [7, 11) is 0. The lowest BCUT2D eigenvalue weighted by atomic mass is 10.1. The van der Waals surface area contributed by atoms with Crippen LogP contribution in [0.1, 0.15) is 0 Å². The predicted molar refractivity (Wildman–Crippen MR) is 95.9 cm³/mol. The molecule has 2 aromatic heterocycles. The van der Waals surface area contributed by atoms with E-state index in [-0.39, 0.29) is 16.5 Å². The van der Waals surface area contributed by atoms with Crippen molar-refractivity contribution in [2.24, 2.45) is 0 Å². The molecule has 26 heavy (non-hydrogen) atoms. The van der Waals surface area contributed by atoms with Gasteiger partial charge in [0.15, 0.2) is 0 Å². The van der Waals surface area contributed by atoms with E-state index >= 15 is 0 Å². The van der Waals surface area contributed by atoms with Gasteiger partial charge < -0.3 is 4.90 Å². The van der Waals surface area contributed by atoms with Crippen molar-refractivity contribution in [3.63, 3.8) is 0 Å². The fourth-order valence-electron chi connectivity index (χ4n) is 2.77. The average Bonchev–Trinajstić information content (AvgIpc) is 3.02. The minimum atomic E-state index is -1.08. The van der Waals surface area contributed by atoms with Gasteiger partial charge in [-0.1, -0.05) is 23.8 Å². The Balaban J connectivity index is 2.42. The van der Waals surface area contributed by atoms with E-state index in [9.17, 15) is 13.2 Å². The first-order chi connectivity index (χ1) is 12.5. The number of anilines is 1. The SMILES string of the molecule is C=CCN(CC=C)c1c(-c2c(F)cc(F)cc2F)c(Cl)nc2nccn12. The minimum absolute atomic E-state index is 0.00383. The molecule has 2 heterocycles. The summed E-state index contributed by atoms with van der Waals surface area (Å²) in [5.74, 6) is -2.57. The summed E-state index contributed by atoms with van der Waals surface area (Å²) < 4.78 is 43.8. The first kappa shape index (κ1) is 18.0. The summed E-state index contributed by atoms with van der Waals surface area (Å²) in [5, 5.41) is -0.152. The molecule has 0 fully saturated rings. The second-order valence-corrected chi connectivity index (χ2v) is 5.78. The van der Waals surface area contributed by atoms with Crippen molar-refractivity contribution in [1.82, 2.24) is 14.4 Å². The molecule has 4 nitrogen and oxygen atoms in total. The number of hydrogen-bond donors (Lipinski definition) is 0. The molecule has 3 aromatic rings. The highest BCUT2D eigenvalue weighted by Crippen LogP contribution is 2.39. The van der Waals surface area contributed by atoms with E-state index in [1.54, 1.807) is 27.6 Å². The number of halogens is 4. The van der Waals surface area contributed by atoms with Gasteiger partial charge in [0.05, 0.1) is 11.1 Å². The van der Waals surface area contributed by atoms with Crippen molar-refractivity contribution >= 4 is 23.2 Å². The molecule has 0 aliphatic heterocycles. The standard InChI is InChI=1S/C18H14ClF3N4/c1-3-6-25(7-4-2)17-15(14-12(21)9-11(20)10-13(14)22)16(19)24-18-23-5-8-26(17)18/h3-5,8-10H,1-2,6-7H2. The summed E-state index contributed by atoms with van der Waals surface area (Å²) in [6.07, 6.45) is 6.34. The van der Waals surface area contributed by atoms with Gasteiger partial charge >= 0.3 is 0 Å². The number of nitrogens with zero attached hydrogens (tertiary/aromatic N) is 4. The molecule has 0 saturated carbocycles. The van der Waals surface area contributed by atoms with Crippen LogP contribution >= 0.6 is 11.6 Å². The number of fused-ring (bicyclic) bond motifs is 1. The van der Waals surface area contributed by atoms with Crippen molar-refractivity contribution in [2.75, 3.05) is 18.0 Å². The van der Waals surface area contributed by atoms with Crippen molar-refractivity contribution in [2.45, 2.75) is 0 Å². The number of aromatic nitrogens is 3. The third-order valence-corrected chi connectivity index (χ3v) is 4.01. The second kappa shape index (κ2) is 7.21. The van der Waals surface area contributed by atoms with Gasteiger partial charge in [0, 0.05) is 37.6 Å². The summed E-state index contributed by atoms with van der Waals surface area (Å²) in [6, 6.07) is 1.20. The van der Waals surface area contributed by atoms with Crippen LogP contribution in [0.25, 0.3) is 16.9 Å². The molecule has 0 aliphatic rings. The van der Waals surface area contributed by atoms with Gasteiger partial charge in [-0.25, -0.2) is 18.2 Å². The van der Waals surface area contributed by atoms with Crippen LogP contribution in [0.2, 0.25) is 5.15 Å². The third-order valence-electron chi connectivity index (χ3n) is 3.73. The molecule has 0 aliphatic carbocycles. The van der Waals surface area contributed by atoms with Gasteiger partial charge in [-0.15, -0.1) is 13.2 Å². The fraction of sp³-hybridized carbons (Fsp3) is 0.111. The van der Waals surface area contributed by atoms with Gasteiger partial charge in [0.1, 0.15) is 28.4 Å². The molecule has 0 spiro atoms. The lowest BCUT2D eigenvalue weighted by Gasteiger charge is -2.26. The van der Waals surface area contributed by atoms with E-state index in [0.29, 0.717) is 31.0 Å². The third kappa shape index (κ3) is 3.06. The highest BCUT2D eigenvalue weighted by molar-refractivity contribution is 6.33. The van der Waals surface area contributed by atoms with Crippen LogP contribution in [-0.4, -0.2) is 27.5 Å². The summed E-state index contributed by atoms with van der Waals surface area (Å²) >= 11 is 6.26. The van der Waals surface area contributed by atoms with Crippen LogP contribution in [0.15, 0.2) is 49.8 Å². The molecule has 0 unspecified atom stereocenters. The van der Waals surface area contributed by atoms with E-state index in [2.05, 4.69) is 23.1 Å². The van der Waals surface area contributed by atoms with E-state index in [1.807, 2.05) is 0 Å². The Kier molecular flexibility index (Phi) is 4.99. The molecule has 3 rings (SSSR count). The summed E-state index contributed by atoms with van der Waals surface area (Å²) in [6.45, 7) is 8.09. The van der Waals surface area contributed by atoms with Crippen molar-refractivity contribution < 1.29 is 13.2 Å². The van der Waals surface area contributed by atoms with Gasteiger partial charge in [0.2, 0.25) is 5.78 Å². The van der Waals surface area contributed by atoms with Crippen LogP contribution in [-0.2, 0) is 0 Å². The topological polar surface area (TPSA) is 33.4 Å². The molecular formula is C18H14ClF3N4. The summed E-state index contributed by atoms with van der Waals surface area (Å²) in [5.41, 5.74) is -0.469. The maximum Gasteiger partial charge on any atom is 0.236 e. The number of rotatable bonds is 6. The van der Waals surface area contributed by atoms with Crippen molar-refractivity contribution in [3.8, 4) is 11.1 Å². The van der Waals surface area contributed by atoms with Crippen LogP contribution in [0.5, 0.6) is 0 Å². The van der Waals surface area contributed by atoms with Crippen LogP contribution in [0.3, 0.4) is 0 Å². The van der Waals surface area contributed by atoms with E-state index in [1.165, 1.54) is 6.20 Å². The predicted octanol–water partition coefficient (Wildman–Crippen LogP) is 4.65. The van der Waals surface area contributed by atoms with Crippen LogP contribution < -0.4 is 4.90 Å². The normalized spacial score (nSPS) is 10.9. The molecule has 1 aromatic carbocycles. The quantitative estimate of drug-likeness (QED) is 0.462. The minimum Gasteiger partial charge on any atom is -0.350 e. The number of imidazole rings is 1. The largest absolute Gasteiger partial charge is 0.350 e. The maximum absolute atomic E-state index is 14.5. The molecule has 0 amide bonds. The van der Waals surface area contributed by atoms with Crippen LogP contribution in [0.4, 0.5) is 19.0 Å². The molecule has 0 radical (unpaired) electrons. The van der Waals surface area contributed by atoms with Crippen LogP contribution in [0, 0.1) is 17.5 Å². The van der Waals surface area contributed by atoms with Gasteiger partial charge in [-0.3, -0.25) is 4.40 Å². The van der Waals surface area contributed by atoms with Gasteiger partial charge in [0.25, 0.3) is 0 Å². The molecule has 0 saturated heterocycles. The maximum atomic E-state index is 14.5. The lowest BCUT2D eigenvalue weighted by Crippen LogP contribution is -2.26. The Morgan fingerprint density at radius 3 is 2.27 bits per heavy atom. The number of benzene rings is 1. The molecule has 0 N–H and O–H groups in total. The van der Waals surface area contributed by atoms with Gasteiger partial charge in [-0.05, 0) is 0 Å². The first-order valence-corrected chi connectivity index (χ1v) is 8.00. The summed E-state index contributed by atoms with van der Waals surface area (Å²) in [4.78, 5) is 9.92. The van der Waals surface area contributed by atoms with Gasteiger partial charge in [-0.2, -0.15) is 4.98 Å². The second-order valence-electron chi connectivity index (χ2n) is 5.43. The Hall–Kier alpha value is -2.80. The van der Waals surface area contributed by atoms with Crippen molar-refractivity contribution in [3.05, 3.63) is 72.4 Å². The Bertz CT molecular complexity index is 967. The zero-order valence-corrected chi connectivity index (χ0v) is 14.3. The van der Waals surface area contributed by atoms with E-state index < -0.39 is 23.0 Å². The molecule has 0 bridgehead atoms. The zero-order valence-electron chi connectivity index (χ0n) is 13.6. The molecule has 0 atom stereocenters. The molecular weight excluding hydrogens is 365 g/mol. The first-order valence-electron chi connectivity index (χ1n) is 7.62. The number of hydrogen-bond acceptors (Lipinski definition) is 3. The van der Waals surface area contributed by atoms with E-state index in [4.69, 9.17) is 11.6 Å². The van der Waals surface area contributed by atoms with Crippen molar-refractivity contribution in [1.29, 1.82) is 0 Å². The Morgan fingerprint density at radius 1 is 1.08 bits per heavy atom. The lowest BCUT2D eigenvalue weighted by molar-refractivity contribution is 0.548. The van der Waals surface area contributed by atoms with E-state index in [0.717, 1.165) is 0 Å².